The van der Waals surface area contributed by atoms with Crippen molar-refractivity contribution in [2.24, 2.45) is 5.92 Å². The fraction of sp³-hybridized carbons (Fsp3) is 0.250. The van der Waals surface area contributed by atoms with Gasteiger partial charge in [-0.05, 0) is 23.6 Å². The van der Waals surface area contributed by atoms with E-state index < -0.39 is 0 Å². The fourth-order valence-electron chi connectivity index (χ4n) is 2.04. The van der Waals surface area contributed by atoms with Gasteiger partial charge in [-0.1, -0.05) is 55.8 Å². The number of benzene rings is 1. The Balaban J connectivity index is 2.19. The largest absolute Gasteiger partial charge is 0.344 e. The lowest BCUT2D eigenvalue weighted by molar-refractivity contribution is 0.0920. The molecule has 1 atom stereocenters. The third kappa shape index (κ3) is 3.58. The first-order valence-corrected chi connectivity index (χ1v) is 6.93. The van der Waals surface area contributed by atoms with E-state index in [0.29, 0.717) is 10.7 Å². The summed E-state index contributed by atoms with van der Waals surface area (Å²) in [7, 11) is 0. The Morgan fingerprint density at radius 2 is 1.90 bits per heavy atom. The molecule has 1 unspecified atom stereocenters. The molecule has 4 heteroatoms. The Kier molecular flexibility index (Phi) is 4.74. The van der Waals surface area contributed by atoms with Crippen LogP contribution in [0.5, 0.6) is 0 Å². The minimum absolute atomic E-state index is 0.0514. The van der Waals surface area contributed by atoms with E-state index in [1.807, 2.05) is 30.3 Å². The van der Waals surface area contributed by atoms with E-state index in [0.717, 1.165) is 5.56 Å². The smallest absolute Gasteiger partial charge is 0.270 e. The second-order valence-electron chi connectivity index (χ2n) is 4.97. The average Bonchev–Trinajstić information content (AvgIpc) is 2.45. The van der Waals surface area contributed by atoms with Gasteiger partial charge in [0.1, 0.15) is 5.69 Å². The molecule has 0 spiro atoms. The lowest BCUT2D eigenvalue weighted by Crippen LogP contribution is -2.32. The fourth-order valence-corrected chi connectivity index (χ4v) is 2.20. The van der Waals surface area contributed by atoms with Gasteiger partial charge < -0.3 is 5.32 Å². The number of aromatic nitrogens is 1. The number of amides is 1. The van der Waals surface area contributed by atoms with Crippen LogP contribution in [-0.4, -0.2) is 10.9 Å². The van der Waals surface area contributed by atoms with Crippen LogP contribution in [0.3, 0.4) is 0 Å². The minimum Gasteiger partial charge on any atom is -0.344 e. The highest BCUT2D eigenvalue weighted by Gasteiger charge is 2.19. The van der Waals surface area contributed by atoms with Crippen LogP contribution in [-0.2, 0) is 0 Å². The van der Waals surface area contributed by atoms with Crippen molar-refractivity contribution < 1.29 is 4.79 Å². The molecule has 2 aromatic rings. The number of pyridine rings is 1. The topological polar surface area (TPSA) is 42.0 Å². The van der Waals surface area contributed by atoms with Gasteiger partial charge in [0.15, 0.2) is 0 Å². The maximum absolute atomic E-state index is 12.3. The molecule has 1 aromatic carbocycles. The monoisotopic (exact) mass is 288 g/mol. The molecule has 0 saturated carbocycles. The van der Waals surface area contributed by atoms with Crippen LogP contribution in [0.2, 0.25) is 5.02 Å². The molecule has 104 valence electrons. The van der Waals surface area contributed by atoms with Crippen molar-refractivity contribution in [3.63, 3.8) is 0 Å². The molecule has 1 N–H and O–H groups in total. The van der Waals surface area contributed by atoms with Gasteiger partial charge in [-0.3, -0.25) is 9.78 Å². The van der Waals surface area contributed by atoms with Crippen molar-refractivity contribution in [1.82, 2.24) is 10.3 Å². The Hall–Kier alpha value is -1.87. The molecule has 0 saturated heterocycles. The molecule has 0 fully saturated rings. The summed E-state index contributed by atoms with van der Waals surface area (Å²) in [6.07, 6.45) is 1.53. The van der Waals surface area contributed by atoms with Crippen LogP contribution < -0.4 is 5.32 Å². The lowest BCUT2D eigenvalue weighted by atomic mass is 9.96. The van der Waals surface area contributed by atoms with Crippen molar-refractivity contribution in [3.8, 4) is 0 Å². The first kappa shape index (κ1) is 14.5. The molecule has 1 amide bonds. The highest BCUT2D eigenvalue weighted by molar-refractivity contribution is 6.30. The van der Waals surface area contributed by atoms with Crippen molar-refractivity contribution in [1.29, 1.82) is 0 Å². The summed E-state index contributed by atoms with van der Waals surface area (Å²) in [6, 6.07) is 13.1. The zero-order valence-electron chi connectivity index (χ0n) is 11.5. The SMILES string of the molecule is CC(C)C(NC(=O)c1cc(Cl)ccn1)c1ccccc1. The molecule has 2 rings (SSSR count). The quantitative estimate of drug-likeness (QED) is 0.928. The van der Waals surface area contributed by atoms with Gasteiger partial charge in [-0.25, -0.2) is 0 Å². The predicted octanol–water partition coefficient (Wildman–Crippen LogP) is 3.86. The van der Waals surface area contributed by atoms with Gasteiger partial charge in [0.2, 0.25) is 0 Å². The van der Waals surface area contributed by atoms with Crippen LogP contribution in [0, 0.1) is 5.92 Å². The van der Waals surface area contributed by atoms with Gasteiger partial charge >= 0.3 is 0 Å². The maximum atomic E-state index is 12.3. The summed E-state index contributed by atoms with van der Waals surface area (Å²) in [5.41, 5.74) is 1.41. The third-order valence-corrected chi connectivity index (χ3v) is 3.30. The van der Waals surface area contributed by atoms with E-state index in [1.165, 1.54) is 6.20 Å². The van der Waals surface area contributed by atoms with Gasteiger partial charge in [-0.2, -0.15) is 0 Å². The normalized spacial score (nSPS) is 12.2. The van der Waals surface area contributed by atoms with Gasteiger partial charge in [-0.15, -0.1) is 0 Å². The van der Waals surface area contributed by atoms with Crippen LogP contribution in [0.4, 0.5) is 0 Å². The van der Waals surface area contributed by atoms with Crippen molar-refractivity contribution >= 4 is 17.5 Å². The second-order valence-corrected chi connectivity index (χ2v) is 5.40. The first-order valence-electron chi connectivity index (χ1n) is 6.55. The number of hydrogen-bond acceptors (Lipinski definition) is 2. The van der Waals surface area contributed by atoms with E-state index >= 15 is 0 Å². The number of hydrogen-bond donors (Lipinski definition) is 1. The Labute approximate surface area is 124 Å². The zero-order valence-corrected chi connectivity index (χ0v) is 12.3. The molecule has 0 aliphatic heterocycles. The first-order chi connectivity index (χ1) is 9.58. The standard InChI is InChI=1S/C16H17ClN2O/c1-11(2)15(12-6-4-3-5-7-12)19-16(20)14-10-13(17)8-9-18-14/h3-11,15H,1-2H3,(H,19,20). The number of rotatable bonds is 4. The third-order valence-electron chi connectivity index (χ3n) is 3.07. The summed E-state index contributed by atoms with van der Waals surface area (Å²) < 4.78 is 0. The molecule has 1 aromatic heterocycles. The Morgan fingerprint density at radius 3 is 2.50 bits per heavy atom. The average molecular weight is 289 g/mol. The summed E-state index contributed by atoms with van der Waals surface area (Å²) >= 11 is 5.89. The molecule has 0 aliphatic rings. The molecular weight excluding hydrogens is 272 g/mol. The molecule has 1 heterocycles. The van der Waals surface area contributed by atoms with Gasteiger partial charge in [0.05, 0.1) is 6.04 Å². The number of carbonyl (C=O) groups is 1. The minimum atomic E-state index is -0.213. The highest BCUT2D eigenvalue weighted by atomic mass is 35.5. The van der Waals surface area contributed by atoms with Gasteiger partial charge in [0.25, 0.3) is 5.91 Å². The molecule has 0 aliphatic carbocycles. The van der Waals surface area contributed by atoms with E-state index in [9.17, 15) is 4.79 Å². The molecular formula is C16H17ClN2O. The number of halogens is 1. The van der Waals surface area contributed by atoms with E-state index in [4.69, 9.17) is 11.6 Å². The Morgan fingerprint density at radius 1 is 1.20 bits per heavy atom. The van der Waals surface area contributed by atoms with E-state index in [2.05, 4.69) is 24.1 Å². The number of nitrogens with one attached hydrogen (secondary N) is 1. The molecule has 0 bridgehead atoms. The maximum Gasteiger partial charge on any atom is 0.270 e. The van der Waals surface area contributed by atoms with Crippen LogP contribution in [0.25, 0.3) is 0 Å². The summed E-state index contributed by atoms with van der Waals surface area (Å²) in [6.45, 7) is 4.15. The summed E-state index contributed by atoms with van der Waals surface area (Å²) in [5, 5.41) is 3.52. The van der Waals surface area contributed by atoms with Crippen LogP contribution in [0.15, 0.2) is 48.7 Å². The van der Waals surface area contributed by atoms with Crippen LogP contribution >= 0.6 is 11.6 Å². The summed E-state index contributed by atoms with van der Waals surface area (Å²) in [4.78, 5) is 16.3. The predicted molar refractivity (Wildman–Crippen MR) is 80.7 cm³/mol. The zero-order chi connectivity index (χ0) is 14.5. The van der Waals surface area contributed by atoms with Crippen molar-refractivity contribution in [2.45, 2.75) is 19.9 Å². The molecule has 3 nitrogen and oxygen atoms in total. The Bertz CT molecular complexity index is 584. The van der Waals surface area contributed by atoms with Crippen molar-refractivity contribution in [2.75, 3.05) is 0 Å². The van der Waals surface area contributed by atoms with Gasteiger partial charge in [0, 0.05) is 11.2 Å². The second kappa shape index (κ2) is 6.53. The lowest BCUT2D eigenvalue weighted by Gasteiger charge is -2.22. The molecule has 0 radical (unpaired) electrons. The van der Waals surface area contributed by atoms with E-state index in [-0.39, 0.29) is 17.9 Å². The summed E-state index contributed by atoms with van der Waals surface area (Å²) in [5.74, 6) is 0.0654. The molecule has 20 heavy (non-hydrogen) atoms. The number of carbonyl (C=O) groups excluding carboxylic acids is 1. The highest BCUT2D eigenvalue weighted by Crippen LogP contribution is 2.22. The van der Waals surface area contributed by atoms with E-state index in [1.54, 1.807) is 12.1 Å². The van der Waals surface area contributed by atoms with Crippen molar-refractivity contribution in [3.05, 3.63) is 64.9 Å². The van der Waals surface area contributed by atoms with Crippen LogP contribution in [0.1, 0.15) is 35.9 Å². The number of nitrogens with zero attached hydrogens (tertiary/aromatic N) is 1.